The van der Waals surface area contributed by atoms with Gasteiger partial charge in [-0.05, 0) is 12.8 Å². The Bertz CT molecular complexity index is 666. The molecule has 0 saturated carbocycles. The summed E-state index contributed by atoms with van der Waals surface area (Å²) in [5, 5.41) is 17.0. The van der Waals surface area contributed by atoms with Crippen LogP contribution in [0.1, 0.15) is 32.1 Å². The summed E-state index contributed by atoms with van der Waals surface area (Å²) < 4.78 is 58.6. The van der Waals surface area contributed by atoms with Crippen LogP contribution >= 0.6 is 0 Å². The molecule has 0 rings (SSSR count). The Hall–Kier alpha value is -1.99. The third kappa shape index (κ3) is 40.0. The van der Waals surface area contributed by atoms with Gasteiger partial charge in [0.15, 0.2) is 0 Å². The molecule has 16 heteroatoms. The van der Waals surface area contributed by atoms with Crippen molar-refractivity contribution in [3.63, 3.8) is 0 Å². The molecule has 0 saturated heterocycles. The van der Waals surface area contributed by atoms with Crippen molar-refractivity contribution in [2.24, 2.45) is 0 Å². The molecule has 266 valence electrons. The highest BCUT2D eigenvalue weighted by molar-refractivity contribution is 5.69. The van der Waals surface area contributed by atoms with Gasteiger partial charge in [0.05, 0.1) is 139 Å². The number of esters is 1. The summed E-state index contributed by atoms with van der Waals surface area (Å²) >= 11 is 0. The number of carbonyl (C=O) groups is 3. The van der Waals surface area contributed by atoms with Crippen LogP contribution in [-0.2, 0) is 66.5 Å². The lowest BCUT2D eigenvalue weighted by atomic mass is 10.2. The van der Waals surface area contributed by atoms with E-state index in [1.54, 1.807) is 0 Å². The number of ether oxygens (including phenoxy) is 11. The van der Waals surface area contributed by atoms with Gasteiger partial charge in [-0.3, -0.25) is 14.4 Å². The first kappa shape index (κ1) is 43.0. The zero-order valence-electron chi connectivity index (χ0n) is 26.5. The molecule has 0 unspecified atom stereocenters. The molecular formula is C29H54O16. The topological polar surface area (TPSA) is 193 Å². The summed E-state index contributed by atoms with van der Waals surface area (Å²) in [6.45, 7) is 8.56. The molecule has 0 fully saturated rings. The van der Waals surface area contributed by atoms with Crippen molar-refractivity contribution >= 4 is 17.9 Å². The quantitative estimate of drug-likeness (QED) is 0.0699. The number of unbranched alkanes of at least 4 members (excludes halogenated alkanes) is 1. The molecule has 16 nitrogen and oxygen atoms in total. The molecule has 0 bridgehead atoms. The maximum absolute atomic E-state index is 11.5. The van der Waals surface area contributed by atoms with E-state index in [4.69, 9.17) is 62.3 Å². The number of hydrogen-bond donors (Lipinski definition) is 2. The third-order valence-corrected chi connectivity index (χ3v) is 5.32. The molecule has 0 radical (unpaired) electrons. The van der Waals surface area contributed by atoms with Gasteiger partial charge in [0.2, 0.25) is 0 Å². The lowest BCUT2D eigenvalue weighted by molar-refractivity contribution is -0.146. The predicted octanol–water partition coefficient (Wildman–Crippen LogP) is 0.815. The zero-order valence-corrected chi connectivity index (χ0v) is 26.5. The van der Waals surface area contributed by atoms with Gasteiger partial charge in [-0.25, -0.2) is 0 Å². The summed E-state index contributed by atoms with van der Waals surface area (Å²) in [7, 11) is 0. The van der Waals surface area contributed by atoms with Gasteiger partial charge >= 0.3 is 17.9 Å². The summed E-state index contributed by atoms with van der Waals surface area (Å²) in [4.78, 5) is 32.2. The summed E-state index contributed by atoms with van der Waals surface area (Å²) in [6, 6.07) is 0. The second kappa shape index (κ2) is 36.5. The van der Waals surface area contributed by atoms with Gasteiger partial charge in [-0.2, -0.15) is 0 Å². The fourth-order valence-corrected chi connectivity index (χ4v) is 3.07. The summed E-state index contributed by atoms with van der Waals surface area (Å²) in [5.41, 5.74) is 0. The van der Waals surface area contributed by atoms with Gasteiger partial charge in [0, 0.05) is 12.8 Å². The van der Waals surface area contributed by atoms with Crippen molar-refractivity contribution in [2.75, 3.05) is 139 Å². The van der Waals surface area contributed by atoms with Crippen molar-refractivity contribution in [3.8, 4) is 0 Å². The molecule has 0 atom stereocenters. The number of carboxylic acid groups (broad SMARTS) is 2. The van der Waals surface area contributed by atoms with Crippen LogP contribution in [-0.4, -0.2) is 167 Å². The number of hydrogen-bond acceptors (Lipinski definition) is 14. The SMILES string of the molecule is O=C(O)CCCCC(=O)OCCOCCOCCOCCOCCOCCOCCOCCOCCOCCOCCC(=O)O. The Morgan fingerprint density at radius 3 is 0.844 bits per heavy atom. The predicted molar refractivity (Wildman–Crippen MR) is 158 cm³/mol. The zero-order chi connectivity index (χ0) is 32.9. The highest BCUT2D eigenvalue weighted by atomic mass is 16.6. The van der Waals surface area contributed by atoms with E-state index in [1.807, 2.05) is 0 Å². The van der Waals surface area contributed by atoms with E-state index in [1.165, 1.54) is 0 Å². The second-order valence-electron chi connectivity index (χ2n) is 9.09. The number of carboxylic acids is 2. The van der Waals surface area contributed by atoms with Gasteiger partial charge in [0.1, 0.15) is 6.61 Å². The molecule has 0 heterocycles. The van der Waals surface area contributed by atoms with Crippen LogP contribution in [0.2, 0.25) is 0 Å². The van der Waals surface area contributed by atoms with Crippen LogP contribution < -0.4 is 0 Å². The van der Waals surface area contributed by atoms with Gasteiger partial charge < -0.3 is 62.3 Å². The molecule has 0 amide bonds. The van der Waals surface area contributed by atoms with E-state index in [-0.39, 0.29) is 45.1 Å². The average molecular weight is 659 g/mol. The van der Waals surface area contributed by atoms with E-state index < -0.39 is 11.9 Å². The van der Waals surface area contributed by atoms with E-state index in [0.29, 0.717) is 132 Å². The molecule has 0 aliphatic heterocycles. The van der Waals surface area contributed by atoms with E-state index >= 15 is 0 Å². The Morgan fingerprint density at radius 2 is 0.556 bits per heavy atom. The van der Waals surface area contributed by atoms with Crippen LogP contribution in [0.15, 0.2) is 0 Å². The van der Waals surface area contributed by atoms with Crippen LogP contribution in [0.3, 0.4) is 0 Å². The van der Waals surface area contributed by atoms with Crippen LogP contribution in [0.5, 0.6) is 0 Å². The Labute approximate surface area is 265 Å². The Balaban J connectivity index is 3.10. The monoisotopic (exact) mass is 658 g/mol. The highest BCUT2D eigenvalue weighted by Gasteiger charge is 2.04. The standard InChI is InChI=1S/C29H54O16/c30-27(31)3-1-2-4-29(34)45-26-25-44-24-23-43-22-21-42-20-19-41-18-17-40-16-15-39-14-13-38-12-11-37-10-9-36-8-7-35-6-5-28(32)33/h1-26H2,(H,30,31)(H,32,33). The lowest BCUT2D eigenvalue weighted by Gasteiger charge is -2.09. The molecule has 45 heavy (non-hydrogen) atoms. The molecular weight excluding hydrogens is 604 g/mol. The first-order chi connectivity index (χ1) is 22.0. The number of aliphatic carboxylic acids is 2. The van der Waals surface area contributed by atoms with Crippen molar-refractivity contribution in [2.45, 2.75) is 32.1 Å². The van der Waals surface area contributed by atoms with E-state index in [0.717, 1.165) is 0 Å². The first-order valence-electron chi connectivity index (χ1n) is 15.4. The van der Waals surface area contributed by atoms with Crippen LogP contribution in [0.25, 0.3) is 0 Å². The Morgan fingerprint density at radius 1 is 0.311 bits per heavy atom. The maximum atomic E-state index is 11.5. The van der Waals surface area contributed by atoms with E-state index in [9.17, 15) is 14.4 Å². The third-order valence-electron chi connectivity index (χ3n) is 5.32. The lowest BCUT2D eigenvalue weighted by Crippen LogP contribution is -2.15. The van der Waals surface area contributed by atoms with Crippen molar-refractivity contribution in [1.29, 1.82) is 0 Å². The van der Waals surface area contributed by atoms with Gasteiger partial charge in [-0.1, -0.05) is 0 Å². The molecule has 0 spiro atoms. The first-order valence-corrected chi connectivity index (χ1v) is 15.4. The fourth-order valence-electron chi connectivity index (χ4n) is 3.07. The summed E-state index contributed by atoms with van der Waals surface area (Å²) in [5.74, 6) is -2.10. The molecule has 2 N–H and O–H groups in total. The van der Waals surface area contributed by atoms with Crippen molar-refractivity contribution in [1.82, 2.24) is 0 Å². The molecule has 0 aliphatic carbocycles. The van der Waals surface area contributed by atoms with Gasteiger partial charge in [0.25, 0.3) is 0 Å². The molecule has 0 aliphatic rings. The largest absolute Gasteiger partial charge is 0.481 e. The minimum absolute atomic E-state index is 0.0100. The van der Waals surface area contributed by atoms with Gasteiger partial charge in [-0.15, -0.1) is 0 Å². The van der Waals surface area contributed by atoms with Crippen LogP contribution in [0.4, 0.5) is 0 Å². The van der Waals surface area contributed by atoms with Crippen molar-refractivity contribution in [3.05, 3.63) is 0 Å². The van der Waals surface area contributed by atoms with Crippen LogP contribution in [0, 0.1) is 0 Å². The maximum Gasteiger partial charge on any atom is 0.305 e. The normalized spacial score (nSPS) is 11.2. The highest BCUT2D eigenvalue weighted by Crippen LogP contribution is 2.01. The minimum Gasteiger partial charge on any atom is -0.481 e. The number of carbonyl (C=O) groups excluding carboxylic acids is 1. The number of rotatable bonds is 38. The molecule has 0 aromatic heterocycles. The van der Waals surface area contributed by atoms with Crippen molar-refractivity contribution < 1.29 is 76.7 Å². The minimum atomic E-state index is -0.881. The smallest absolute Gasteiger partial charge is 0.305 e. The average Bonchev–Trinajstić information content (AvgIpc) is 3.01. The second-order valence-corrected chi connectivity index (χ2v) is 9.09. The summed E-state index contributed by atoms with van der Waals surface area (Å²) in [6.07, 6.45) is 1.21. The fraction of sp³-hybridized carbons (Fsp3) is 0.897. The Kier molecular flexibility index (Phi) is 34.9. The molecule has 0 aromatic carbocycles. The molecule has 0 aromatic rings. The van der Waals surface area contributed by atoms with E-state index in [2.05, 4.69) is 0 Å².